The first-order valence-corrected chi connectivity index (χ1v) is 7.99. The Kier molecular flexibility index (Phi) is 3.36. The second-order valence-electron chi connectivity index (χ2n) is 5.28. The third kappa shape index (κ3) is 3.45. The van der Waals surface area contributed by atoms with Crippen molar-refractivity contribution in [3.8, 4) is 0 Å². The van der Waals surface area contributed by atoms with Crippen LogP contribution in [0, 0.1) is 11.8 Å². The molecule has 1 aliphatic carbocycles. The molecule has 4 heteroatoms. The van der Waals surface area contributed by atoms with Crippen LogP contribution >= 0.6 is 0 Å². The molecule has 15 heavy (non-hydrogen) atoms. The van der Waals surface area contributed by atoms with Crippen LogP contribution in [-0.2, 0) is 9.84 Å². The summed E-state index contributed by atoms with van der Waals surface area (Å²) in [7, 11) is -2.79. The van der Waals surface area contributed by atoms with E-state index >= 15 is 0 Å². The molecule has 2 aliphatic heterocycles. The lowest BCUT2D eigenvalue weighted by Gasteiger charge is -2.21. The summed E-state index contributed by atoms with van der Waals surface area (Å²) in [5.41, 5.74) is 0. The van der Waals surface area contributed by atoms with E-state index in [4.69, 9.17) is 0 Å². The van der Waals surface area contributed by atoms with E-state index in [0.717, 1.165) is 31.5 Å². The summed E-state index contributed by atoms with van der Waals surface area (Å²) in [5, 5.41) is 0. The molecule has 0 aromatic rings. The number of nitrogens with zero attached hydrogens (tertiary/aromatic N) is 1. The Bertz CT molecular complexity index is 291. The van der Waals surface area contributed by atoms with Crippen molar-refractivity contribution >= 4 is 9.84 Å². The Morgan fingerprint density at radius 3 is 1.93 bits per heavy atom. The van der Waals surface area contributed by atoms with Gasteiger partial charge in [0.15, 0.2) is 0 Å². The number of fused-ring (bicyclic) bond motifs is 4. The highest BCUT2D eigenvalue weighted by atomic mass is 32.2. The van der Waals surface area contributed by atoms with Crippen molar-refractivity contribution in [2.45, 2.75) is 25.7 Å². The summed E-state index contributed by atoms with van der Waals surface area (Å²) in [4.78, 5) is 2.37. The fourth-order valence-electron chi connectivity index (χ4n) is 2.88. The number of hydrogen-bond acceptors (Lipinski definition) is 3. The highest BCUT2D eigenvalue weighted by Crippen LogP contribution is 2.33. The number of sulfone groups is 1. The zero-order valence-electron chi connectivity index (χ0n) is 9.48. The van der Waals surface area contributed by atoms with Crippen LogP contribution in [0.5, 0.6) is 0 Å². The molecule has 0 amide bonds. The van der Waals surface area contributed by atoms with Gasteiger partial charge in [-0.25, -0.2) is 8.42 Å². The Morgan fingerprint density at radius 2 is 1.53 bits per heavy atom. The molecular formula is C11H21NO2S. The molecule has 0 N–H and O–H groups in total. The summed E-state index contributed by atoms with van der Waals surface area (Å²) in [5.74, 6) is 2.00. The summed E-state index contributed by atoms with van der Waals surface area (Å²) in [6, 6.07) is 0. The normalized spacial score (nSPS) is 32.9. The van der Waals surface area contributed by atoms with E-state index in [9.17, 15) is 8.42 Å². The summed E-state index contributed by atoms with van der Waals surface area (Å²) < 4.78 is 22.2. The van der Waals surface area contributed by atoms with Gasteiger partial charge in [0.2, 0.25) is 0 Å². The van der Waals surface area contributed by atoms with E-state index in [1.54, 1.807) is 0 Å². The zero-order valence-corrected chi connectivity index (χ0v) is 10.3. The zero-order chi connectivity index (χ0) is 10.9. The minimum Gasteiger partial charge on any atom is -0.302 e. The molecule has 0 radical (unpaired) electrons. The highest BCUT2D eigenvalue weighted by Gasteiger charge is 2.29. The van der Waals surface area contributed by atoms with Crippen molar-refractivity contribution in [1.29, 1.82) is 0 Å². The fourth-order valence-corrected chi connectivity index (χ4v) is 3.47. The third-order valence-electron chi connectivity index (χ3n) is 3.78. The Hall–Kier alpha value is -0.0900. The first kappa shape index (κ1) is 11.4. The molecule has 0 aromatic heterocycles. The Balaban J connectivity index is 1.88. The summed E-state index contributed by atoms with van der Waals surface area (Å²) in [6.45, 7) is 3.00. The van der Waals surface area contributed by atoms with Crippen molar-refractivity contribution in [3.05, 3.63) is 0 Å². The smallest absolute Gasteiger partial charge is 0.148 e. The Labute approximate surface area is 92.8 Å². The van der Waals surface area contributed by atoms with Gasteiger partial charge in [-0.15, -0.1) is 0 Å². The van der Waals surface area contributed by atoms with E-state index in [1.165, 1.54) is 31.9 Å². The maximum atomic E-state index is 11.1. The monoisotopic (exact) mass is 231 g/mol. The molecule has 3 aliphatic rings. The molecule has 0 unspecified atom stereocenters. The summed E-state index contributed by atoms with van der Waals surface area (Å²) >= 11 is 0. The van der Waals surface area contributed by atoms with Gasteiger partial charge in [0.1, 0.15) is 9.84 Å². The standard InChI is InChI=1S/C11H21NO2S/c1-15(13,14)7-6-12-8-10-2-3-11(9-12)5-4-10/h10-11H,2-9H2,1H3. The van der Waals surface area contributed by atoms with Crippen LogP contribution in [-0.4, -0.2) is 45.0 Å². The van der Waals surface area contributed by atoms with Gasteiger partial charge in [0, 0.05) is 25.9 Å². The second kappa shape index (κ2) is 4.42. The van der Waals surface area contributed by atoms with Gasteiger partial charge < -0.3 is 4.90 Å². The van der Waals surface area contributed by atoms with E-state index < -0.39 is 9.84 Å². The van der Waals surface area contributed by atoms with Crippen LogP contribution in [0.2, 0.25) is 0 Å². The average molecular weight is 231 g/mol. The number of rotatable bonds is 3. The minimum absolute atomic E-state index is 0.326. The maximum Gasteiger partial charge on any atom is 0.148 e. The van der Waals surface area contributed by atoms with E-state index in [0.29, 0.717) is 5.75 Å². The minimum atomic E-state index is -2.79. The van der Waals surface area contributed by atoms with Gasteiger partial charge >= 0.3 is 0 Å². The molecule has 0 aromatic carbocycles. The van der Waals surface area contributed by atoms with Crippen molar-refractivity contribution in [3.63, 3.8) is 0 Å². The van der Waals surface area contributed by atoms with Crippen molar-refractivity contribution in [2.75, 3.05) is 31.6 Å². The van der Waals surface area contributed by atoms with Crippen molar-refractivity contribution < 1.29 is 8.42 Å². The molecule has 3 nitrogen and oxygen atoms in total. The maximum absolute atomic E-state index is 11.1. The molecule has 2 heterocycles. The Morgan fingerprint density at radius 1 is 1.07 bits per heavy atom. The molecule has 0 spiro atoms. The van der Waals surface area contributed by atoms with E-state index in [2.05, 4.69) is 4.90 Å². The van der Waals surface area contributed by atoms with Gasteiger partial charge in [0.05, 0.1) is 5.75 Å². The first-order valence-electron chi connectivity index (χ1n) is 5.93. The quantitative estimate of drug-likeness (QED) is 0.731. The van der Waals surface area contributed by atoms with E-state index in [-0.39, 0.29) is 0 Å². The van der Waals surface area contributed by atoms with E-state index in [1.807, 2.05) is 0 Å². The molecule has 2 bridgehead atoms. The van der Waals surface area contributed by atoms with Gasteiger partial charge in [0.25, 0.3) is 0 Å². The molecule has 0 atom stereocenters. The molecule has 3 fully saturated rings. The predicted octanol–water partition coefficient (Wildman–Crippen LogP) is 1.15. The SMILES string of the molecule is CS(=O)(=O)CCN1CC2CCC(CC2)C1. The fraction of sp³-hybridized carbons (Fsp3) is 1.00. The van der Waals surface area contributed by atoms with Gasteiger partial charge in [-0.05, 0) is 37.5 Å². The molecular weight excluding hydrogens is 210 g/mol. The average Bonchev–Trinajstić information content (AvgIpc) is 2.45. The summed E-state index contributed by atoms with van der Waals surface area (Å²) in [6.07, 6.45) is 6.78. The van der Waals surface area contributed by atoms with Gasteiger partial charge in [-0.3, -0.25) is 0 Å². The van der Waals surface area contributed by atoms with Crippen LogP contribution in [0.15, 0.2) is 0 Å². The lowest BCUT2D eigenvalue weighted by molar-refractivity contribution is 0.266. The second-order valence-corrected chi connectivity index (χ2v) is 7.54. The van der Waals surface area contributed by atoms with Crippen LogP contribution < -0.4 is 0 Å². The van der Waals surface area contributed by atoms with Gasteiger partial charge in [-0.1, -0.05) is 0 Å². The first-order chi connectivity index (χ1) is 7.03. The molecule has 3 rings (SSSR count). The molecule has 2 saturated heterocycles. The third-order valence-corrected chi connectivity index (χ3v) is 4.70. The van der Waals surface area contributed by atoms with Crippen molar-refractivity contribution in [1.82, 2.24) is 4.90 Å². The van der Waals surface area contributed by atoms with Crippen LogP contribution in [0.3, 0.4) is 0 Å². The van der Waals surface area contributed by atoms with Crippen molar-refractivity contribution in [2.24, 2.45) is 11.8 Å². The van der Waals surface area contributed by atoms with Crippen LogP contribution in [0.1, 0.15) is 25.7 Å². The lowest BCUT2D eigenvalue weighted by atomic mass is 9.84. The molecule has 1 saturated carbocycles. The topological polar surface area (TPSA) is 37.4 Å². The molecule has 88 valence electrons. The highest BCUT2D eigenvalue weighted by molar-refractivity contribution is 7.90. The lowest BCUT2D eigenvalue weighted by Crippen LogP contribution is -2.32. The largest absolute Gasteiger partial charge is 0.302 e. The van der Waals surface area contributed by atoms with Crippen LogP contribution in [0.4, 0.5) is 0 Å². The number of hydrogen-bond donors (Lipinski definition) is 0. The van der Waals surface area contributed by atoms with Gasteiger partial charge in [-0.2, -0.15) is 0 Å². The van der Waals surface area contributed by atoms with Crippen LogP contribution in [0.25, 0.3) is 0 Å². The predicted molar refractivity (Wildman–Crippen MR) is 61.6 cm³/mol.